The quantitative estimate of drug-likeness (QED) is 0.864. The van der Waals surface area contributed by atoms with Crippen LogP contribution in [0.3, 0.4) is 0 Å². The number of carbonyl (C=O) groups is 1. The third-order valence-electron chi connectivity index (χ3n) is 2.27. The van der Waals surface area contributed by atoms with E-state index in [-0.39, 0.29) is 16.6 Å². The van der Waals surface area contributed by atoms with Crippen LogP contribution in [0.15, 0.2) is 46.9 Å². The van der Waals surface area contributed by atoms with Gasteiger partial charge in [-0.25, -0.2) is 4.39 Å². The average molecular weight is 329 g/mol. The second-order valence-corrected chi connectivity index (χ2v) is 4.94. The second-order valence-electron chi connectivity index (χ2n) is 3.59. The summed E-state index contributed by atoms with van der Waals surface area (Å²) in [5.74, 6) is -0.941. The lowest BCUT2D eigenvalue weighted by atomic mass is 10.2. The van der Waals surface area contributed by atoms with Crippen LogP contribution in [-0.2, 0) is 0 Å². The molecular weight excluding hydrogens is 321 g/mol. The SMILES string of the molecule is O=C(Nc1ccc(Cl)cc1F)c1cccc(Br)c1. The second kappa shape index (κ2) is 5.50. The highest BCUT2D eigenvalue weighted by Crippen LogP contribution is 2.20. The van der Waals surface area contributed by atoms with Crippen molar-refractivity contribution in [2.45, 2.75) is 0 Å². The monoisotopic (exact) mass is 327 g/mol. The van der Waals surface area contributed by atoms with E-state index in [0.717, 1.165) is 10.5 Å². The highest BCUT2D eigenvalue weighted by atomic mass is 79.9. The van der Waals surface area contributed by atoms with Crippen LogP contribution in [0.4, 0.5) is 10.1 Å². The molecule has 2 nitrogen and oxygen atoms in total. The minimum absolute atomic E-state index is 0.101. The number of rotatable bonds is 2. The van der Waals surface area contributed by atoms with Gasteiger partial charge in [0.1, 0.15) is 5.82 Å². The van der Waals surface area contributed by atoms with Gasteiger partial charge in [0, 0.05) is 15.1 Å². The maximum absolute atomic E-state index is 13.5. The van der Waals surface area contributed by atoms with Crippen LogP contribution in [0.5, 0.6) is 0 Å². The number of anilines is 1. The summed E-state index contributed by atoms with van der Waals surface area (Å²) in [7, 11) is 0. The molecule has 0 unspecified atom stereocenters. The molecule has 0 atom stereocenters. The van der Waals surface area contributed by atoms with Crippen molar-refractivity contribution in [3.63, 3.8) is 0 Å². The van der Waals surface area contributed by atoms with Crippen molar-refractivity contribution < 1.29 is 9.18 Å². The number of amides is 1. The smallest absolute Gasteiger partial charge is 0.255 e. The standard InChI is InChI=1S/C13H8BrClFNO/c14-9-3-1-2-8(6-9)13(18)17-12-5-4-10(15)7-11(12)16/h1-7H,(H,17,18). The molecule has 2 rings (SSSR count). The number of benzene rings is 2. The Labute approximate surface area is 117 Å². The molecule has 2 aromatic rings. The minimum atomic E-state index is -0.564. The molecule has 0 aliphatic rings. The summed E-state index contributed by atoms with van der Waals surface area (Å²) in [6, 6.07) is 10.9. The van der Waals surface area contributed by atoms with E-state index in [9.17, 15) is 9.18 Å². The lowest BCUT2D eigenvalue weighted by Crippen LogP contribution is -2.12. The van der Waals surface area contributed by atoms with Gasteiger partial charge >= 0.3 is 0 Å². The van der Waals surface area contributed by atoms with Gasteiger partial charge in [-0.3, -0.25) is 4.79 Å². The first-order chi connectivity index (χ1) is 8.56. The van der Waals surface area contributed by atoms with Crippen LogP contribution in [0, 0.1) is 5.82 Å². The van der Waals surface area contributed by atoms with Gasteiger partial charge in [0.2, 0.25) is 0 Å². The van der Waals surface area contributed by atoms with Crippen molar-refractivity contribution in [3.8, 4) is 0 Å². The molecule has 0 heterocycles. The molecule has 0 bridgehead atoms. The van der Waals surface area contributed by atoms with Crippen LogP contribution < -0.4 is 5.32 Å². The summed E-state index contributed by atoms with van der Waals surface area (Å²) in [5, 5.41) is 2.77. The van der Waals surface area contributed by atoms with E-state index in [1.807, 2.05) is 0 Å². The fourth-order valence-electron chi connectivity index (χ4n) is 1.42. The summed E-state index contributed by atoms with van der Waals surface area (Å²) < 4.78 is 14.3. The predicted octanol–water partition coefficient (Wildman–Crippen LogP) is 4.49. The summed E-state index contributed by atoms with van der Waals surface area (Å²) >= 11 is 8.90. The van der Waals surface area contributed by atoms with Crippen LogP contribution in [-0.4, -0.2) is 5.91 Å². The van der Waals surface area contributed by atoms with Gasteiger partial charge < -0.3 is 5.32 Å². The van der Waals surface area contributed by atoms with E-state index in [0.29, 0.717) is 5.56 Å². The van der Waals surface area contributed by atoms with E-state index in [4.69, 9.17) is 11.6 Å². The Balaban J connectivity index is 2.21. The first-order valence-corrected chi connectivity index (χ1v) is 6.25. The van der Waals surface area contributed by atoms with E-state index in [1.54, 1.807) is 24.3 Å². The zero-order valence-corrected chi connectivity index (χ0v) is 11.4. The van der Waals surface area contributed by atoms with Crippen LogP contribution in [0.2, 0.25) is 5.02 Å². The van der Waals surface area contributed by atoms with Crippen LogP contribution in [0.1, 0.15) is 10.4 Å². The van der Waals surface area contributed by atoms with Gasteiger partial charge in [0.05, 0.1) is 5.69 Å². The van der Waals surface area contributed by atoms with E-state index in [1.165, 1.54) is 12.1 Å². The van der Waals surface area contributed by atoms with Crippen molar-refractivity contribution in [2.75, 3.05) is 5.32 Å². The molecule has 0 radical (unpaired) electrons. The van der Waals surface area contributed by atoms with E-state index < -0.39 is 5.82 Å². The molecule has 92 valence electrons. The molecule has 1 N–H and O–H groups in total. The summed E-state index contributed by atoms with van der Waals surface area (Å²) in [4.78, 5) is 11.9. The Kier molecular flexibility index (Phi) is 3.99. The molecule has 18 heavy (non-hydrogen) atoms. The zero-order chi connectivity index (χ0) is 13.1. The molecule has 0 aliphatic heterocycles. The van der Waals surface area contributed by atoms with Crippen LogP contribution in [0.25, 0.3) is 0 Å². The molecule has 5 heteroatoms. The molecule has 0 aromatic heterocycles. The Bertz CT molecular complexity index is 603. The van der Waals surface area contributed by atoms with Crippen molar-refractivity contribution in [2.24, 2.45) is 0 Å². The Morgan fingerprint density at radius 3 is 2.67 bits per heavy atom. The molecule has 0 spiro atoms. The molecular formula is C13H8BrClFNO. The van der Waals surface area contributed by atoms with Gasteiger partial charge in [0.15, 0.2) is 0 Å². The number of carbonyl (C=O) groups excluding carboxylic acids is 1. The number of halogens is 3. The van der Waals surface area contributed by atoms with Gasteiger partial charge in [-0.15, -0.1) is 0 Å². The molecule has 2 aromatic carbocycles. The Morgan fingerprint density at radius 1 is 1.22 bits per heavy atom. The molecule has 0 aliphatic carbocycles. The van der Waals surface area contributed by atoms with E-state index >= 15 is 0 Å². The third kappa shape index (κ3) is 3.09. The average Bonchev–Trinajstić information content (AvgIpc) is 2.32. The molecule has 0 fully saturated rings. The summed E-state index contributed by atoms with van der Waals surface area (Å²) in [6.07, 6.45) is 0. The number of hydrogen-bond donors (Lipinski definition) is 1. The normalized spacial score (nSPS) is 10.2. The van der Waals surface area contributed by atoms with Crippen LogP contribution >= 0.6 is 27.5 Å². The highest BCUT2D eigenvalue weighted by Gasteiger charge is 2.09. The van der Waals surface area contributed by atoms with Crippen molar-refractivity contribution in [1.82, 2.24) is 0 Å². The minimum Gasteiger partial charge on any atom is -0.319 e. The fraction of sp³-hybridized carbons (Fsp3) is 0. The van der Waals surface area contributed by atoms with Crippen molar-refractivity contribution in [3.05, 3.63) is 63.3 Å². The van der Waals surface area contributed by atoms with Gasteiger partial charge in [-0.1, -0.05) is 33.6 Å². The fourth-order valence-corrected chi connectivity index (χ4v) is 1.97. The zero-order valence-electron chi connectivity index (χ0n) is 9.08. The van der Waals surface area contributed by atoms with Crippen molar-refractivity contribution in [1.29, 1.82) is 0 Å². The topological polar surface area (TPSA) is 29.1 Å². The summed E-state index contributed by atoms with van der Waals surface area (Å²) in [6.45, 7) is 0. The molecule has 0 saturated carbocycles. The third-order valence-corrected chi connectivity index (χ3v) is 2.99. The van der Waals surface area contributed by atoms with Gasteiger partial charge in [0.25, 0.3) is 5.91 Å². The lowest BCUT2D eigenvalue weighted by molar-refractivity contribution is 0.102. The molecule has 0 saturated heterocycles. The lowest BCUT2D eigenvalue weighted by Gasteiger charge is -2.06. The highest BCUT2D eigenvalue weighted by molar-refractivity contribution is 9.10. The maximum atomic E-state index is 13.5. The Morgan fingerprint density at radius 2 is 2.00 bits per heavy atom. The molecule has 1 amide bonds. The van der Waals surface area contributed by atoms with Crippen molar-refractivity contribution >= 4 is 39.1 Å². The number of hydrogen-bond acceptors (Lipinski definition) is 1. The largest absolute Gasteiger partial charge is 0.319 e. The maximum Gasteiger partial charge on any atom is 0.255 e. The van der Waals surface area contributed by atoms with Gasteiger partial charge in [-0.05, 0) is 36.4 Å². The van der Waals surface area contributed by atoms with Gasteiger partial charge in [-0.2, -0.15) is 0 Å². The van der Waals surface area contributed by atoms with E-state index in [2.05, 4.69) is 21.2 Å². The first kappa shape index (κ1) is 13.1. The Hall–Kier alpha value is -1.39. The first-order valence-electron chi connectivity index (χ1n) is 5.08. The summed E-state index contributed by atoms with van der Waals surface area (Å²) in [5.41, 5.74) is 0.545. The predicted molar refractivity (Wildman–Crippen MR) is 73.5 cm³/mol. The number of nitrogens with one attached hydrogen (secondary N) is 1.